The first-order valence-electron chi connectivity index (χ1n) is 8.66. The van der Waals surface area contributed by atoms with E-state index < -0.39 is 0 Å². The minimum absolute atomic E-state index is 0.156. The van der Waals surface area contributed by atoms with Crippen molar-refractivity contribution in [1.82, 2.24) is 15.5 Å². The number of nitrogens with one attached hydrogen (secondary N) is 2. The maximum atomic E-state index is 13.1. The average molecular weight is 334 g/mol. The van der Waals surface area contributed by atoms with Gasteiger partial charge in [-0.3, -0.25) is 9.69 Å². The fourth-order valence-corrected chi connectivity index (χ4v) is 4.43. The zero-order valence-corrected chi connectivity index (χ0v) is 14.6. The molecule has 0 spiro atoms. The summed E-state index contributed by atoms with van der Waals surface area (Å²) in [5.41, 5.74) is 1.10. The molecule has 2 aliphatic heterocycles. The Morgan fingerprint density at radius 1 is 1.30 bits per heavy atom. The third kappa shape index (κ3) is 4.28. The van der Waals surface area contributed by atoms with Crippen molar-refractivity contribution < 1.29 is 4.79 Å². The summed E-state index contributed by atoms with van der Waals surface area (Å²) >= 11 is 1.98. The molecule has 0 saturated carbocycles. The molecule has 0 bridgehead atoms. The number of rotatable bonds is 4. The smallest absolute Gasteiger partial charge is 0.242 e. The lowest BCUT2D eigenvalue weighted by Gasteiger charge is -2.36. The zero-order chi connectivity index (χ0) is 16.1. The van der Waals surface area contributed by atoms with Crippen molar-refractivity contribution in [3.8, 4) is 0 Å². The van der Waals surface area contributed by atoms with Crippen molar-refractivity contribution in [3.63, 3.8) is 0 Å². The SMILES string of the molecule is CC1NCCCC1NC(=O)C(c1ccccc1)N1CCSCC1. The summed E-state index contributed by atoms with van der Waals surface area (Å²) in [6.07, 6.45) is 2.20. The molecule has 126 valence electrons. The monoisotopic (exact) mass is 333 g/mol. The van der Waals surface area contributed by atoms with E-state index in [4.69, 9.17) is 0 Å². The first kappa shape index (κ1) is 16.8. The van der Waals surface area contributed by atoms with Crippen LogP contribution in [0.2, 0.25) is 0 Å². The van der Waals surface area contributed by atoms with Crippen LogP contribution in [0.1, 0.15) is 31.4 Å². The van der Waals surface area contributed by atoms with Crippen LogP contribution in [-0.2, 0) is 4.79 Å². The fourth-order valence-electron chi connectivity index (χ4n) is 3.50. The lowest BCUT2D eigenvalue weighted by Crippen LogP contribution is -2.54. The second kappa shape index (κ2) is 8.18. The van der Waals surface area contributed by atoms with E-state index in [0.717, 1.165) is 49.5 Å². The Labute approximate surface area is 143 Å². The minimum atomic E-state index is -0.161. The molecule has 23 heavy (non-hydrogen) atoms. The molecule has 0 aliphatic carbocycles. The quantitative estimate of drug-likeness (QED) is 0.885. The Morgan fingerprint density at radius 2 is 2.04 bits per heavy atom. The van der Waals surface area contributed by atoms with Crippen molar-refractivity contribution in [2.75, 3.05) is 31.1 Å². The number of amides is 1. The predicted molar refractivity (Wildman–Crippen MR) is 96.7 cm³/mol. The van der Waals surface area contributed by atoms with Gasteiger partial charge >= 0.3 is 0 Å². The van der Waals surface area contributed by atoms with Crippen LogP contribution in [-0.4, -0.2) is 54.0 Å². The molecule has 1 aromatic rings. The van der Waals surface area contributed by atoms with Crippen LogP contribution < -0.4 is 10.6 Å². The summed E-state index contributed by atoms with van der Waals surface area (Å²) in [6.45, 7) is 5.18. The number of thioether (sulfide) groups is 1. The molecule has 2 heterocycles. The standard InChI is InChI=1S/C18H27N3OS/c1-14-16(8-5-9-19-14)20-18(22)17(15-6-3-2-4-7-15)21-10-12-23-13-11-21/h2-4,6-7,14,16-17,19H,5,8-13H2,1H3,(H,20,22). The highest BCUT2D eigenvalue weighted by molar-refractivity contribution is 7.99. The van der Waals surface area contributed by atoms with Crippen molar-refractivity contribution in [2.24, 2.45) is 0 Å². The first-order chi connectivity index (χ1) is 11.3. The van der Waals surface area contributed by atoms with Gasteiger partial charge in [0, 0.05) is 36.7 Å². The number of hydrogen-bond acceptors (Lipinski definition) is 4. The van der Waals surface area contributed by atoms with E-state index in [2.05, 4.69) is 34.6 Å². The molecule has 1 amide bonds. The van der Waals surface area contributed by atoms with Crippen LogP contribution in [0.3, 0.4) is 0 Å². The summed E-state index contributed by atoms with van der Waals surface area (Å²) in [4.78, 5) is 15.4. The van der Waals surface area contributed by atoms with Crippen molar-refractivity contribution in [1.29, 1.82) is 0 Å². The fraction of sp³-hybridized carbons (Fsp3) is 0.611. The van der Waals surface area contributed by atoms with E-state index in [-0.39, 0.29) is 18.0 Å². The highest BCUT2D eigenvalue weighted by atomic mass is 32.2. The zero-order valence-electron chi connectivity index (χ0n) is 13.8. The van der Waals surface area contributed by atoms with Gasteiger partial charge in [0.05, 0.1) is 0 Å². The van der Waals surface area contributed by atoms with Crippen LogP contribution in [0.5, 0.6) is 0 Å². The highest BCUT2D eigenvalue weighted by Crippen LogP contribution is 2.25. The van der Waals surface area contributed by atoms with E-state index in [1.165, 1.54) is 0 Å². The van der Waals surface area contributed by atoms with E-state index in [1.807, 2.05) is 30.0 Å². The summed E-state index contributed by atoms with van der Waals surface area (Å²) in [5.74, 6) is 2.37. The van der Waals surface area contributed by atoms with Crippen molar-refractivity contribution in [2.45, 2.75) is 37.9 Å². The molecular weight excluding hydrogens is 306 g/mol. The second-order valence-corrected chi connectivity index (χ2v) is 7.69. The number of benzene rings is 1. The Balaban J connectivity index is 1.75. The van der Waals surface area contributed by atoms with Crippen molar-refractivity contribution in [3.05, 3.63) is 35.9 Å². The van der Waals surface area contributed by atoms with Gasteiger partial charge in [0.1, 0.15) is 6.04 Å². The van der Waals surface area contributed by atoms with Gasteiger partial charge in [-0.25, -0.2) is 0 Å². The average Bonchev–Trinajstić information content (AvgIpc) is 2.59. The predicted octanol–water partition coefficient (Wildman–Crippen LogP) is 2.03. The van der Waals surface area contributed by atoms with Gasteiger partial charge in [0.15, 0.2) is 0 Å². The maximum Gasteiger partial charge on any atom is 0.242 e. The molecule has 3 unspecified atom stereocenters. The summed E-state index contributed by atoms with van der Waals surface area (Å²) in [6, 6.07) is 10.6. The largest absolute Gasteiger partial charge is 0.350 e. The maximum absolute atomic E-state index is 13.1. The minimum Gasteiger partial charge on any atom is -0.350 e. The van der Waals surface area contributed by atoms with Gasteiger partial charge in [-0.05, 0) is 31.9 Å². The molecular formula is C18H27N3OS. The Bertz CT molecular complexity index is 504. The van der Waals surface area contributed by atoms with Crippen molar-refractivity contribution >= 4 is 17.7 Å². The topological polar surface area (TPSA) is 44.4 Å². The molecule has 0 aromatic heterocycles. The van der Waals surface area contributed by atoms with Gasteiger partial charge in [-0.1, -0.05) is 30.3 Å². The molecule has 4 nitrogen and oxygen atoms in total. The number of piperidine rings is 1. The van der Waals surface area contributed by atoms with Crippen LogP contribution in [0.25, 0.3) is 0 Å². The number of carbonyl (C=O) groups is 1. The molecule has 2 aliphatic rings. The molecule has 1 aromatic carbocycles. The first-order valence-corrected chi connectivity index (χ1v) is 9.81. The van der Waals surface area contributed by atoms with Gasteiger partial charge < -0.3 is 10.6 Å². The number of carbonyl (C=O) groups excluding carboxylic acids is 1. The van der Waals surface area contributed by atoms with Crippen LogP contribution in [0.15, 0.2) is 30.3 Å². The molecule has 3 rings (SSSR count). The summed E-state index contributed by atoms with van der Waals surface area (Å²) in [5, 5.41) is 6.78. The Kier molecular flexibility index (Phi) is 5.97. The van der Waals surface area contributed by atoms with Gasteiger partial charge in [0.25, 0.3) is 0 Å². The van der Waals surface area contributed by atoms with E-state index in [1.54, 1.807) is 0 Å². The molecule has 2 fully saturated rings. The van der Waals surface area contributed by atoms with E-state index in [9.17, 15) is 4.79 Å². The number of hydrogen-bond donors (Lipinski definition) is 2. The normalized spacial score (nSPS) is 27.3. The lowest BCUT2D eigenvalue weighted by atomic mass is 9.98. The van der Waals surface area contributed by atoms with Gasteiger partial charge in [0.2, 0.25) is 5.91 Å². The molecule has 2 saturated heterocycles. The summed E-state index contributed by atoms with van der Waals surface area (Å²) < 4.78 is 0. The Hall–Kier alpha value is -1.04. The highest BCUT2D eigenvalue weighted by Gasteiger charge is 2.31. The molecule has 3 atom stereocenters. The Morgan fingerprint density at radius 3 is 2.74 bits per heavy atom. The molecule has 2 N–H and O–H groups in total. The second-order valence-electron chi connectivity index (χ2n) is 6.46. The lowest BCUT2D eigenvalue weighted by molar-refractivity contribution is -0.127. The van der Waals surface area contributed by atoms with Crippen LogP contribution in [0.4, 0.5) is 0 Å². The van der Waals surface area contributed by atoms with E-state index >= 15 is 0 Å². The molecule has 5 heteroatoms. The summed E-state index contributed by atoms with van der Waals surface area (Å²) in [7, 11) is 0. The van der Waals surface area contributed by atoms with Crippen LogP contribution >= 0.6 is 11.8 Å². The molecule has 0 radical (unpaired) electrons. The third-order valence-corrected chi connectivity index (χ3v) is 5.81. The third-order valence-electron chi connectivity index (χ3n) is 4.86. The van der Waals surface area contributed by atoms with Crippen LogP contribution in [0, 0.1) is 0 Å². The van der Waals surface area contributed by atoms with E-state index in [0.29, 0.717) is 6.04 Å². The number of nitrogens with zero attached hydrogens (tertiary/aromatic N) is 1. The van der Waals surface area contributed by atoms with Gasteiger partial charge in [-0.15, -0.1) is 0 Å². The van der Waals surface area contributed by atoms with Gasteiger partial charge in [-0.2, -0.15) is 11.8 Å².